The average Bonchev–Trinajstić information content (AvgIpc) is 3.17. The summed E-state index contributed by atoms with van der Waals surface area (Å²) in [6, 6.07) is 21.4. The third-order valence-corrected chi connectivity index (χ3v) is 6.66. The maximum Gasteiger partial charge on any atom is 0.128 e. The number of nitrogens with zero attached hydrogens (tertiary/aromatic N) is 2. The number of hydrogen-bond donors (Lipinski definition) is 0. The Morgan fingerprint density at radius 2 is 1.71 bits per heavy atom. The van der Waals surface area contributed by atoms with Crippen LogP contribution in [0.3, 0.4) is 0 Å². The largest absolute Gasteiger partial charge is 0.229 e. The molecule has 5 rings (SSSR count). The zero-order chi connectivity index (χ0) is 18.9. The number of aromatic nitrogens is 2. The first-order valence-electron chi connectivity index (χ1n) is 8.87. The Morgan fingerprint density at radius 3 is 2.61 bits per heavy atom. The predicted molar refractivity (Wildman–Crippen MR) is 116 cm³/mol. The first-order valence-corrected chi connectivity index (χ1v) is 10.7. The second kappa shape index (κ2) is 7.34. The van der Waals surface area contributed by atoms with E-state index in [4.69, 9.17) is 0 Å². The first-order chi connectivity index (χ1) is 13.8. The minimum absolute atomic E-state index is 0.231. The third-order valence-electron chi connectivity index (χ3n) is 4.74. The van der Waals surface area contributed by atoms with E-state index in [0.717, 1.165) is 32.1 Å². The average molecular weight is 403 g/mol. The Morgan fingerprint density at radius 1 is 0.893 bits per heavy atom. The summed E-state index contributed by atoms with van der Waals surface area (Å²) in [6.07, 6.45) is 1.62. The van der Waals surface area contributed by atoms with Crippen molar-refractivity contribution in [3.05, 3.63) is 89.8 Å². The normalized spacial score (nSPS) is 11.3. The maximum atomic E-state index is 13.3. The summed E-state index contributed by atoms with van der Waals surface area (Å²) < 4.78 is 13.3. The molecule has 0 saturated heterocycles. The summed E-state index contributed by atoms with van der Waals surface area (Å²) >= 11 is 3.31. The highest BCUT2D eigenvalue weighted by Gasteiger charge is 2.14. The molecule has 0 aliphatic carbocycles. The van der Waals surface area contributed by atoms with Crippen molar-refractivity contribution in [2.75, 3.05) is 0 Å². The fourth-order valence-corrected chi connectivity index (χ4v) is 5.36. The minimum atomic E-state index is -0.231. The molecule has 0 bridgehead atoms. The van der Waals surface area contributed by atoms with Crippen LogP contribution in [-0.2, 0) is 5.75 Å². The Balaban J connectivity index is 1.54. The molecule has 0 radical (unpaired) electrons. The van der Waals surface area contributed by atoms with E-state index in [1.807, 2.05) is 12.1 Å². The molecular weight excluding hydrogens is 387 g/mol. The molecule has 2 nitrogen and oxygen atoms in total. The molecule has 0 aliphatic heterocycles. The van der Waals surface area contributed by atoms with Gasteiger partial charge in [0.1, 0.15) is 22.0 Å². The van der Waals surface area contributed by atoms with Gasteiger partial charge in [-0.05, 0) is 34.0 Å². The third kappa shape index (κ3) is 3.17. The molecule has 0 amide bonds. The molecule has 5 aromatic rings. The Bertz CT molecular complexity index is 1270. The van der Waals surface area contributed by atoms with Crippen LogP contribution < -0.4 is 0 Å². The van der Waals surface area contributed by atoms with Crippen molar-refractivity contribution in [3.8, 4) is 11.1 Å². The van der Waals surface area contributed by atoms with Gasteiger partial charge in [0.05, 0.1) is 5.39 Å². The molecule has 3 aromatic carbocycles. The van der Waals surface area contributed by atoms with Gasteiger partial charge in [-0.2, -0.15) is 0 Å². The van der Waals surface area contributed by atoms with Crippen molar-refractivity contribution in [2.45, 2.75) is 10.8 Å². The van der Waals surface area contributed by atoms with Crippen LogP contribution in [0, 0.1) is 5.82 Å². The molecule has 2 aromatic heterocycles. The molecule has 5 heteroatoms. The van der Waals surface area contributed by atoms with E-state index in [2.05, 4.69) is 57.8 Å². The zero-order valence-corrected chi connectivity index (χ0v) is 16.4. The molecule has 0 fully saturated rings. The van der Waals surface area contributed by atoms with Crippen molar-refractivity contribution in [1.82, 2.24) is 9.97 Å². The topological polar surface area (TPSA) is 25.8 Å². The number of rotatable bonds is 4. The second-order valence-electron chi connectivity index (χ2n) is 6.44. The van der Waals surface area contributed by atoms with Gasteiger partial charge in [-0.3, -0.25) is 0 Å². The molecule has 0 saturated carbocycles. The van der Waals surface area contributed by atoms with Crippen molar-refractivity contribution < 1.29 is 4.39 Å². The van der Waals surface area contributed by atoms with Crippen LogP contribution in [0.15, 0.2) is 83.5 Å². The maximum absolute atomic E-state index is 13.3. The predicted octanol–water partition coefficient (Wildman–Crippen LogP) is 6.94. The molecule has 0 unspecified atom stereocenters. The Hall–Kier alpha value is -2.76. The lowest BCUT2D eigenvalue weighted by atomic mass is 10.1. The lowest BCUT2D eigenvalue weighted by Gasteiger charge is -2.08. The van der Waals surface area contributed by atoms with Gasteiger partial charge < -0.3 is 0 Å². The number of thioether (sulfide) groups is 1. The van der Waals surface area contributed by atoms with Gasteiger partial charge in [0.15, 0.2) is 0 Å². The van der Waals surface area contributed by atoms with Crippen molar-refractivity contribution in [1.29, 1.82) is 0 Å². The number of halogens is 1. The standard InChI is InChI=1S/C23H15FN2S2/c24-18-10-8-16(9-11-18)20-13-28-23-21(20)22(25-14-26-23)27-12-17-6-3-5-15-4-1-2-7-19(15)17/h1-11,13-14H,12H2. The van der Waals surface area contributed by atoms with E-state index in [1.165, 1.54) is 28.5 Å². The monoisotopic (exact) mass is 402 g/mol. The Kier molecular flexibility index (Phi) is 4.55. The summed E-state index contributed by atoms with van der Waals surface area (Å²) in [5.74, 6) is 0.594. The molecular formula is C23H15FN2S2. The van der Waals surface area contributed by atoms with Gasteiger partial charge in [-0.25, -0.2) is 14.4 Å². The van der Waals surface area contributed by atoms with Crippen molar-refractivity contribution >= 4 is 44.1 Å². The molecule has 2 heterocycles. The highest BCUT2D eigenvalue weighted by molar-refractivity contribution is 7.98. The van der Waals surface area contributed by atoms with Crippen LogP contribution in [0.2, 0.25) is 0 Å². The number of fused-ring (bicyclic) bond motifs is 2. The molecule has 28 heavy (non-hydrogen) atoms. The van der Waals surface area contributed by atoms with Gasteiger partial charge >= 0.3 is 0 Å². The van der Waals surface area contributed by atoms with E-state index in [9.17, 15) is 4.39 Å². The summed E-state index contributed by atoms with van der Waals surface area (Å²) in [4.78, 5) is 9.95. The van der Waals surface area contributed by atoms with Crippen molar-refractivity contribution in [3.63, 3.8) is 0 Å². The molecule has 0 aliphatic rings. The van der Waals surface area contributed by atoms with Crippen LogP contribution >= 0.6 is 23.1 Å². The van der Waals surface area contributed by atoms with Gasteiger partial charge in [0.2, 0.25) is 0 Å². The van der Waals surface area contributed by atoms with Gasteiger partial charge in [0, 0.05) is 16.7 Å². The van der Waals surface area contributed by atoms with Crippen molar-refractivity contribution in [2.24, 2.45) is 0 Å². The molecule has 0 spiro atoms. The summed E-state index contributed by atoms with van der Waals surface area (Å²) in [5, 5.41) is 6.60. The van der Waals surface area contributed by atoms with Crippen LogP contribution in [0.4, 0.5) is 4.39 Å². The summed E-state index contributed by atoms with van der Waals surface area (Å²) in [6.45, 7) is 0. The number of hydrogen-bond acceptors (Lipinski definition) is 4. The minimum Gasteiger partial charge on any atom is -0.229 e. The fourth-order valence-electron chi connectivity index (χ4n) is 3.36. The molecule has 0 N–H and O–H groups in total. The summed E-state index contributed by atoms with van der Waals surface area (Å²) in [7, 11) is 0. The van der Waals surface area contributed by atoms with E-state index >= 15 is 0 Å². The van der Waals surface area contributed by atoms with E-state index in [-0.39, 0.29) is 5.82 Å². The lowest BCUT2D eigenvalue weighted by molar-refractivity contribution is 0.628. The SMILES string of the molecule is Fc1ccc(-c2csc3ncnc(SCc4cccc5ccccc45)c23)cc1. The quantitative estimate of drug-likeness (QED) is 0.240. The van der Waals surface area contributed by atoms with Crippen LogP contribution in [0.1, 0.15) is 5.56 Å². The summed E-state index contributed by atoms with van der Waals surface area (Å²) in [5.41, 5.74) is 3.32. The van der Waals surface area contributed by atoms with E-state index < -0.39 is 0 Å². The molecule has 136 valence electrons. The van der Waals surface area contributed by atoms with E-state index in [0.29, 0.717) is 0 Å². The highest BCUT2D eigenvalue weighted by Crippen LogP contribution is 2.39. The molecule has 0 atom stereocenters. The highest BCUT2D eigenvalue weighted by atomic mass is 32.2. The smallest absolute Gasteiger partial charge is 0.128 e. The number of thiophene rings is 1. The fraction of sp³-hybridized carbons (Fsp3) is 0.0435. The number of benzene rings is 3. The van der Waals surface area contributed by atoms with E-state index in [1.54, 1.807) is 29.4 Å². The van der Waals surface area contributed by atoms with Crippen LogP contribution in [0.5, 0.6) is 0 Å². The zero-order valence-electron chi connectivity index (χ0n) is 14.8. The second-order valence-corrected chi connectivity index (χ2v) is 8.26. The first kappa shape index (κ1) is 17.3. The Labute approximate surface area is 170 Å². The van der Waals surface area contributed by atoms with Gasteiger partial charge in [0.25, 0.3) is 0 Å². The van der Waals surface area contributed by atoms with Gasteiger partial charge in [-0.1, -0.05) is 54.6 Å². The van der Waals surface area contributed by atoms with Crippen LogP contribution in [-0.4, -0.2) is 9.97 Å². The van der Waals surface area contributed by atoms with Crippen LogP contribution in [0.25, 0.3) is 32.1 Å². The lowest BCUT2D eigenvalue weighted by Crippen LogP contribution is -1.88. The van der Waals surface area contributed by atoms with Gasteiger partial charge in [-0.15, -0.1) is 23.1 Å².